The Labute approximate surface area is 79.8 Å². The van der Waals surface area contributed by atoms with E-state index in [1.165, 1.54) is 0 Å². The summed E-state index contributed by atoms with van der Waals surface area (Å²) in [5.41, 5.74) is 0.426. The standard InChI is InChI=1S/C9H10N2O3/c12-7-4-6(9(13)14)5-2-1-3-10-8(5)11-7/h4H,1-3H2,(H,13,14)(H2,10,11,12). The number of nitrogens with one attached hydrogen (secondary N) is 2. The van der Waals surface area contributed by atoms with E-state index in [-0.39, 0.29) is 11.1 Å². The quantitative estimate of drug-likeness (QED) is 0.605. The van der Waals surface area contributed by atoms with Crippen molar-refractivity contribution in [1.82, 2.24) is 4.98 Å². The highest BCUT2D eigenvalue weighted by Gasteiger charge is 2.18. The molecule has 0 bridgehead atoms. The van der Waals surface area contributed by atoms with Crippen molar-refractivity contribution in [2.45, 2.75) is 12.8 Å². The van der Waals surface area contributed by atoms with Gasteiger partial charge in [0.15, 0.2) is 0 Å². The van der Waals surface area contributed by atoms with Crippen LogP contribution in [0.25, 0.3) is 0 Å². The van der Waals surface area contributed by atoms with Crippen molar-refractivity contribution in [3.05, 3.63) is 27.5 Å². The zero-order valence-corrected chi connectivity index (χ0v) is 7.46. The number of carboxylic acid groups (broad SMARTS) is 1. The lowest BCUT2D eigenvalue weighted by Crippen LogP contribution is -2.22. The number of aromatic nitrogens is 1. The molecule has 74 valence electrons. The van der Waals surface area contributed by atoms with Crippen LogP contribution in [0.2, 0.25) is 0 Å². The summed E-state index contributed by atoms with van der Waals surface area (Å²) in [4.78, 5) is 24.5. The van der Waals surface area contributed by atoms with Crippen LogP contribution in [0.1, 0.15) is 22.3 Å². The SMILES string of the molecule is O=C(O)c1cc(=O)[nH]c2c1CCCN2. The molecule has 0 aliphatic carbocycles. The molecular formula is C9H10N2O3. The summed E-state index contributed by atoms with van der Waals surface area (Å²) in [6.07, 6.45) is 1.58. The molecule has 1 aromatic heterocycles. The second-order valence-electron chi connectivity index (χ2n) is 3.24. The lowest BCUT2D eigenvalue weighted by molar-refractivity contribution is 0.0695. The molecule has 0 spiro atoms. The van der Waals surface area contributed by atoms with E-state index in [2.05, 4.69) is 10.3 Å². The van der Waals surface area contributed by atoms with Gasteiger partial charge in [-0.2, -0.15) is 0 Å². The Morgan fingerprint density at radius 1 is 1.50 bits per heavy atom. The Bertz CT molecular complexity index is 436. The number of aromatic carboxylic acids is 1. The number of hydrogen-bond donors (Lipinski definition) is 3. The summed E-state index contributed by atoms with van der Waals surface area (Å²) in [5, 5.41) is 11.9. The van der Waals surface area contributed by atoms with Gasteiger partial charge >= 0.3 is 5.97 Å². The molecule has 5 heteroatoms. The highest BCUT2D eigenvalue weighted by Crippen LogP contribution is 2.21. The number of anilines is 1. The molecule has 0 radical (unpaired) electrons. The minimum Gasteiger partial charge on any atom is -0.478 e. The van der Waals surface area contributed by atoms with Gasteiger partial charge in [-0.25, -0.2) is 4.79 Å². The monoisotopic (exact) mass is 194 g/mol. The molecule has 3 N–H and O–H groups in total. The number of aromatic amines is 1. The van der Waals surface area contributed by atoms with Gasteiger partial charge in [0.1, 0.15) is 5.82 Å². The predicted molar refractivity (Wildman–Crippen MR) is 50.8 cm³/mol. The van der Waals surface area contributed by atoms with Gasteiger partial charge in [-0.15, -0.1) is 0 Å². The van der Waals surface area contributed by atoms with E-state index in [9.17, 15) is 9.59 Å². The van der Waals surface area contributed by atoms with Gasteiger partial charge in [-0.1, -0.05) is 0 Å². The number of pyridine rings is 1. The average Bonchev–Trinajstić information content (AvgIpc) is 2.16. The maximum atomic E-state index is 11.1. The molecular weight excluding hydrogens is 184 g/mol. The van der Waals surface area contributed by atoms with Crippen LogP contribution in [0.3, 0.4) is 0 Å². The highest BCUT2D eigenvalue weighted by molar-refractivity contribution is 5.90. The minimum atomic E-state index is -1.05. The molecule has 0 saturated carbocycles. The minimum absolute atomic E-state index is 0.107. The number of carboxylic acids is 1. The van der Waals surface area contributed by atoms with Crippen LogP contribution in [0.4, 0.5) is 5.82 Å². The van der Waals surface area contributed by atoms with E-state index in [1.807, 2.05) is 0 Å². The van der Waals surface area contributed by atoms with Crippen LogP contribution in [0.5, 0.6) is 0 Å². The third kappa shape index (κ3) is 1.37. The zero-order valence-electron chi connectivity index (χ0n) is 7.46. The van der Waals surface area contributed by atoms with Gasteiger partial charge in [0.05, 0.1) is 5.56 Å². The van der Waals surface area contributed by atoms with Gasteiger partial charge in [0.25, 0.3) is 0 Å². The Kier molecular flexibility index (Phi) is 1.99. The second-order valence-corrected chi connectivity index (χ2v) is 3.24. The van der Waals surface area contributed by atoms with Gasteiger partial charge in [-0.05, 0) is 12.8 Å². The Hall–Kier alpha value is -1.78. The van der Waals surface area contributed by atoms with Crippen molar-refractivity contribution in [2.75, 3.05) is 11.9 Å². The second kappa shape index (κ2) is 3.17. The normalized spacial score (nSPS) is 14.3. The summed E-state index contributed by atoms with van der Waals surface area (Å²) in [6.45, 7) is 0.770. The average molecular weight is 194 g/mol. The maximum absolute atomic E-state index is 11.1. The molecule has 2 rings (SSSR count). The summed E-state index contributed by atoms with van der Waals surface area (Å²) < 4.78 is 0. The van der Waals surface area contributed by atoms with Crippen LogP contribution in [0.15, 0.2) is 10.9 Å². The van der Waals surface area contributed by atoms with Gasteiger partial charge in [0.2, 0.25) is 5.56 Å². The zero-order chi connectivity index (χ0) is 10.1. The molecule has 2 heterocycles. The molecule has 0 atom stereocenters. The van der Waals surface area contributed by atoms with Crippen molar-refractivity contribution < 1.29 is 9.90 Å². The molecule has 1 aliphatic rings. The number of carbonyl (C=O) groups is 1. The lowest BCUT2D eigenvalue weighted by Gasteiger charge is -2.18. The molecule has 0 fully saturated rings. The van der Waals surface area contributed by atoms with Crippen molar-refractivity contribution >= 4 is 11.8 Å². The number of rotatable bonds is 1. The highest BCUT2D eigenvalue weighted by atomic mass is 16.4. The van der Waals surface area contributed by atoms with E-state index in [4.69, 9.17) is 5.11 Å². The Morgan fingerprint density at radius 3 is 3.00 bits per heavy atom. The van der Waals surface area contributed by atoms with Crippen molar-refractivity contribution in [3.63, 3.8) is 0 Å². The first kappa shape index (κ1) is 8.80. The third-order valence-electron chi connectivity index (χ3n) is 2.29. The van der Waals surface area contributed by atoms with Crippen molar-refractivity contribution in [1.29, 1.82) is 0 Å². The number of H-pyrrole nitrogens is 1. The van der Waals surface area contributed by atoms with Crippen LogP contribution in [0, 0.1) is 0 Å². The summed E-state index contributed by atoms with van der Waals surface area (Å²) in [5.74, 6) is -0.489. The van der Waals surface area contributed by atoms with E-state index < -0.39 is 5.97 Å². The molecule has 0 saturated heterocycles. The fraction of sp³-hybridized carbons (Fsp3) is 0.333. The molecule has 1 aromatic rings. The fourth-order valence-corrected chi connectivity index (χ4v) is 1.67. The number of fused-ring (bicyclic) bond motifs is 1. The molecule has 0 aromatic carbocycles. The first-order valence-electron chi connectivity index (χ1n) is 4.42. The third-order valence-corrected chi connectivity index (χ3v) is 2.29. The van der Waals surface area contributed by atoms with Crippen LogP contribution < -0.4 is 10.9 Å². The van der Waals surface area contributed by atoms with Crippen LogP contribution >= 0.6 is 0 Å². The summed E-state index contributed by atoms with van der Waals surface area (Å²) in [6, 6.07) is 1.13. The van der Waals surface area contributed by atoms with Crippen LogP contribution in [-0.4, -0.2) is 22.6 Å². The van der Waals surface area contributed by atoms with Crippen molar-refractivity contribution in [2.24, 2.45) is 0 Å². The Morgan fingerprint density at radius 2 is 2.29 bits per heavy atom. The maximum Gasteiger partial charge on any atom is 0.336 e. The van der Waals surface area contributed by atoms with Gasteiger partial charge < -0.3 is 15.4 Å². The topological polar surface area (TPSA) is 82.2 Å². The largest absolute Gasteiger partial charge is 0.478 e. The first-order chi connectivity index (χ1) is 6.68. The van der Waals surface area contributed by atoms with E-state index in [0.29, 0.717) is 17.8 Å². The molecule has 14 heavy (non-hydrogen) atoms. The lowest BCUT2D eigenvalue weighted by atomic mass is 10.0. The van der Waals surface area contributed by atoms with E-state index >= 15 is 0 Å². The Balaban J connectivity index is 2.64. The van der Waals surface area contributed by atoms with Crippen LogP contribution in [-0.2, 0) is 6.42 Å². The molecule has 0 unspecified atom stereocenters. The van der Waals surface area contributed by atoms with E-state index in [1.54, 1.807) is 0 Å². The number of hydrogen-bond acceptors (Lipinski definition) is 3. The van der Waals surface area contributed by atoms with Gasteiger partial charge in [0, 0.05) is 18.2 Å². The molecule has 0 amide bonds. The van der Waals surface area contributed by atoms with Crippen molar-refractivity contribution in [3.8, 4) is 0 Å². The summed E-state index contributed by atoms with van der Waals surface area (Å²) >= 11 is 0. The van der Waals surface area contributed by atoms with Gasteiger partial charge in [-0.3, -0.25) is 4.79 Å². The predicted octanol–water partition coefficient (Wildman–Crippen LogP) is 0.431. The fourth-order valence-electron chi connectivity index (χ4n) is 1.67. The van der Waals surface area contributed by atoms with E-state index in [0.717, 1.165) is 19.0 Å². The summed E-state index contributed by atoms with van der Waals surface area (Å²) in [7, 11) is 0. The molecule has 5 nitrogen and oxygen atoms in total. The smallest absolute Gasteiger partial charge is 0.336 e. The molecule has 1 aliphatic heterocycles. The first-order valence-corrected chi connectivity index (χ1v) is 4.42.